The van der Waals surface area contributed by atoms with Crippen LogP contribution in [0.25, 0.3) is 0 Å². The van der Waals surface area contributed by atoms with Crippen molar-refractivity contribution < 1.29 is 14.7 Å². The molecule has 7 nitrogen and oxygen atoms in total. The summed E-state index contributed by atoms with van der Waals surface area (Å²) in [7, 11) is 0. The van der Waals surface area contributed by atoms with E-state index in [2.05, 4.69) is 9.97 Å². The van der Waals surface area contributed by atoms with Crippen LogP contribution in [0.1, 0.15) is 24.3 Å². The van der Waals surface area contributed by atoms with Crippen molar-refractivity contribution in [2.45, 2.75) is 13.8 Å². The molecule has 3 N–H and O–H groups in total. The van der Waals surface area contributed by atoms with Gasteiger partial charge in [-0.05, 0) is 5.92 Å². The van der Waals surface area contributed by atoms with Crippen LogP contribution in [0.3, 0.4) is 0 Å². The largest absolute Gasteiger partial charge is 0.480 e. The topological polar surface area (TPSA) is 106 Å². The molecule has 0 aliphatic heterocycles. The minimum atomic E-state index is -1.09. The van der Waals surface area contributed by atoms with Crippen molar-refractivity contribution >= 4 is 11.9 Å². The third-order valence-corrected chi connectivity index (χ3v) is 2.03. The number of aromatic amines is 2. The molecule has 7 heteroatoms. The smallest absolute Gasteiger partial charge is 0.323 e. The predicted octanol–water partition coefficient (Wildman–Crippen LogP) is -0.114. The van der Waals surface area contributed by atoms with E-state index in [1.807, 2.05) is 13.8 Å². The van der Waals surface area contributed by atoms with E-state index < -0.39 is 17.6 Å². The first-order valence-electron chi connectivity index (χ1n) is 5.19. The van der Waals surface area contributed by atoms with Crippen molar-refractivity contribution in [3.63, 3.8) is 0 Å². The van der Waals surface area contributed by atoms with Crippen molar-refractivity contribution in [3.05, 3.63) is 22.4 Å². The number of hydrogen-bond donors (Lipinski definition) is 3. The molecule has 0 atom stereocenters. The number of carbonyl (C=O) groups is 2. The van der Waals surface area contributed by atoms with Gasteiger partial charge in [0.2, 0.25) is 0 Å². The zero-order valence-electron chi connectivity index (χ0n) is 9.69. The van der Waals surface area contributed by atoms with Gasteiger partial charge in [-0.1, -0.05) is 13.8 Å². The summed E-state index contributed by atoms with van der Waals surface area (Å²) in [5.74, 6) is -1.44. The van der Waals surface area contributed by atoms with Crippen LogP contribution in [0.15, 0.2) is 11.0 Å². The van der Waals surface area contributed by atoms with Gasteiger partial charge in [0.15, 0.2) is 0 Å². The molecule has 0 saturated heterocycles. The van der Waals surface area contributed by atoms with Gasteiger partial charge < -0.3 is 20.0 Å². The Morgan fingerprint density at radius 1 is 1.47 bits per heavy atom. The van der Waals surface area contributed by atoms with Crippen LogP contribution < -0.4 is 5.69 Å². The van der Waals surface area contributed by atoms with E-state index >= 15 is 0 Å². The van der Waals surface area contributed by atoms with Gasteiger partial charge in [0.05, 0.1) is 0 Å². The molecule has 1 aromatic heterocycles. The van der Waals surface area contributed by atoms with Crippen LogP contribution in [0.2, 0.25) is 0 Å². The molecule has 0 aliphatic rings. The van der Waals surface area contributed by atoms with E-state index in [0.717, 1.165) is 0 Å². The Hall–Kier alpha value is -2.05. The number of rotatable bonds is 5. The molecule has 1 heterocycles. The number of aromatic nitrogens is 2. The molecule has 1 rings (SSSR count). The lowest BCUT2D eigenvalue weighted by molar-refractivity contribution is -0.137. The monoisotopic (exact) mass is 241 g/mol. The van der Waals surface area contributed by atoms with E-state index in [4.69, 9.17) is 5.11 Å². The maximum absolute atomic E-state index is 11.9. The van der Waals surface area contributed by atoms with Gasteiger partial charge in [0.25, 0.3) is 5.91 Å². The van der Waals surface area contributed by atoms with Gasteiger partial charge in [0, 0.05) is 12.7 Å². The Morgan fingerprint density at radius 3 is 2.53 bits per heavy atom. The summed E-state index contributed by atoms with van der Waals surface area (Å²) in [5, 5.41) is 8.72. The molecule has 0 radical (unpaired) electrons. The Kier molecular flexibility index (Phi) is 4.08. The van der Waals surface area contributed by atoms with Crippen LogP contribution in [-0.2, 0) is 4.79 Å². The Morgan fingerprint density at radius 2 is 2.12 bits per heavy atom. The number of imidazole rings is 1. The van der Waals surface area contributed by atoms with Crippen molar-refractivity contribution in [1.82, 2.24) is 14.9 Å². The first-order valence-corrected chi connectivity index (χ1v) is 5.19. The highest BCUT2D eigenvalue weighted by Crippen LogP contribution is 2.04. The average Bonchev–Trinajstić information content (AvgIpc) is 2.61. The molecule has 0 fully saturated rings. The highest BCUT2D eigenvalue weighted by Gasteiger charge is 2.20. The average molecular weight is 241 g/mol. The van der Waals surface area contributed by atoms with Crippen LogP contribution >= 0.6 is 0 Å². The Labute approximate surface area is 97.5 Å². The first-order chi connectivity index (χ1) is 7.90. The SMILES string of the molecule is CC(C)CN(CC(=O)O)C(=O)c1c[nH]c(=O)[nH]1. The third-order valence-electron chi connectivity index (χ3n) is 2.03. The fraction of sp³-hybridized carbons (Fsp3) is 0.500. The van der Waals surface area contributed by atoms with Gasteiger partial charge in [0.1, 0.15) is 12.2 Å². The Bertz CT molecular complexity index is 460. The standard InChI is InChI=1S/C10H15N3O4/c1-6(2)4-13(5-8(14)15)9(16)7-3-11-10(17)12-7/h3,6H,4-5H2,1-2H3,(H,14,15)(H2,11,12,17). The second kappa shape index (κ2) is 5.33. The molecule has 1 amide bonds. The fourth-order valence-electron chi connectivity index (χ4n) is 1.44. The second-order valence-corrected chi connectivity index (χ2v) is 4.13. The molecule has 0 aliphatic carbocycles. The summed E-state index contributed by atoms with van der Waals surface area (Å²) in [5.41, 5.74) is -0.426. The molecule has 1 aromatic rings. The van der Waals surface area contributed by atoms with E-state index in [-0.39, 0.29) is 18.2 Å². The van der Waals surface area contributed by atoms with Gasteiger partial charge >= 0.3 is 11.7 Å². The van der Waals surface area contributed by atoms with Gasteiger partial charge in [-0.2, -0.15) is 0 Å². The molecule has 0 spiro atoms. The summed E-state index contributed by atoms with van der Waals surface area (Å²) in [4.78, 5) is 39.2. The minimum Gasteiger partial charge on any atom is -0.480 e. The van der Waals surface area contributed by atoms with Crippen molar-refractivity contribution in [1.29, 1.82) is 0 Å². The third kappa shape index (κ3) is 3.78. The molecule has 0 saturated carbocycles. The number of H-pyrrole nitrogens is 2. The van der Waals surface area contributed by atoms with Gasteiger partial charge in [-0.25, -0.2) is 4.79 Å². The quantitative estimate of drug-likeness (QED) is 0.668. The zero-order chi connectivity index (χ0) is 13.0. The van der Waals surface area contributed by atoms with Crippen molar-refractivity contribution in [3.8, 4) is 0 Å². The van der Waals surface area contributed by atoms with Crippen molar-refractivity contribution in [2.75, 3.05) is 13.1 Å². The first kappa shape index (κ1) is 13.0. The van der Waals surface area contributed by atoms with E-state index in [1.165, 1.54) is 11.1 Å². The number of amides is 1. The normalized spacial score (nSPS) is 10.5. The zero-order valence-corrected chi connectivity index (χ0v) is 9.69. The molecule has 17 heavy (non-hydrogen) atoms. The predicted molar refractivity (Wildman–Crippen MR) is 59.8 cm³/mol. The lowest BCUT2D eigenvalue weighted by Crippen LogP contribution is -2.38. The Balaban J connectivity index is 2.85. The van der Waals surface area contributed by atoms with E-state index in [1.54, 1.807) is 0 Å². The van der Waals surface area contributed by atoms with Gasteiger partial charge in [-0.3, -0.25) is 9.59 Å². The number of nitrogens with zero attached hydrogens (tertiary/aromatic N) is 1. The number of carbonyl (C=O) groups excluding carboxylic acids is 1. The summed E-state index contributed by atoms with van der Waals surface area (Å²) >= 11 is 0. The summed E-state index contributed by atoms with van der Waals surface area (Å²) in [6, 6.07) is 0. The molecule has 94 valence electrons. The molecule has 0 aromatic carbocycles. The van der Waals surface area contributed by atoms with Crippen LogP contribution in [0, 0.1) is 5.92 Å². The van der Waals surface area contributed by atoms with Crippen molar-refractivity contribution in [2.24, 2.45) is 5.92 Å². The number of carboxylic acids is 1. The van der Waals surface area contributed by atoms with Crippen LogP contribution in [0.5, 0.6) is 0 Å². The minimum absolute atomic E-state index is 0.0666. The number of nitrogens with one attached hydrogen (secondary N) is 2. The number of carboxylic acid groups (broad SMARTS) is 1. The van der Waals surface area contributed by atoms with E-state index in [9.17, 15) is 14.4 Å². The lowest BCUT2D eigenvalue weighted by Gasteiger charge is -2.21. The summed E-state index contributed by atoms with van der Waals surface area (Å²) < 4.78 is 0. The molecular weight excluding hydrogens is 226 g/mol. The molecule has 0 unspecified atom stereocenters. The highest BCUT2D eigenvalue weighted by molar-refractivity contribution is 5.93. The summed E-state index contributed by atoms with van der Waals surface area (Å²) in [6.07, 6.45) is 1.24. The van der Waals surface area contributed by atoms with Crippen LogP contribution in [0.4, 0.5) is 0 Å². The number of aliphatic carboxylic acids is 1. The maximum atomic E-state index is 11.9. The fourth-order valence-corrected chi connectivity index (χ4v) is 1.44. The van der Waals surface area contributed by atoms with Gasteiger partial charge in [-0.15, -0.1) is 0 Å². The molecule has 0 bridgehead atoms. The number of hydrogen-bond acceptors (Lipinski definition) is 3. The highest BCUT2D eigenvalue weighted by atomic mass is 16.4. The lowest BCUT2D eigenvalue weighted by atomic mass is 10.2. The second-order valence-electron chi connectivity index (χ2n) is 4.13. The summed E-state index contributed by atoms with van der Waals surface area (Å²) in [6.45, 7) is 3.69. The van der Waals surface area contributed by atoms with Crippen LogP contribution in [-0.4, -0.2) is 44.9 Å². The maximum Gasteiger partial charge on any atom is 0.323 e. The van der Waals surface area contributed by atoms with E-state index in [0.29, 0.717) is 6.54 Å². The molecular formula is C10H15N3O4.